The van der Waals surface area contributed by atoms with Crippen LogP contribution in [-0.2, 0) is 0 Å². The molecule has 0 spiro atoms. The lowest BCUT2D eigenvalue weighted by molar-refractivity contribution is 0.447. The van der Waals surface area contributed by atoms with Gasteiger partial charge in [0.1, 0.15) is 5.69 Å². The zero-order valence-corrected chi connectivity index (χ0v) is 16.9. The molecule has 1 aliphatic rings. The van der Waals surface area contributed by atoms with E-state index in [4.69, 9.17) is 11.6 Å². The fourth-order valence-electron chi connectivity index (χ4n) is 3.88. The summed E-state index contributed by atoms with van der Waals surface area (Å²) in [6.07, 6.45) is 13.2. The predicted octanol–water partition coefficient (Wildman–Crippen LogP) is 7.53. The lowest BCUT2D eigenvalue weighted by Crippen LogP contribution is -2.31. The second kappa shape index (κ2) is 10.9. The van der Waals surface area contributed by atoms with Gasteiger partial charge in [-0.1, -0.05) is 75.6 Å². The largest absolute Gasteiger partial charge is 0.363 e. The Morgan fingerprint density at radius 3 is 2.23 bits per heavy atom. The van der Waals surface area contributed by atoms with E-state index >= 15 is 0 Å². The van der Waals surface area contributed by atoms with Crippen LogP contribution in [-0.4, -0.2) is 13.1 Å². The van der Waals surface area contributed by atoms with Crippen molar-refractivity contribution >= 4 is 17.3 Å². The molecule has 0 saturated heterocycles. The quantitative estimate of drug-likeness (QED) is 0.298. The first-order valence-electron chi connectivity index (χ1n) is 10.1. The Morgan fingerprint density at radius 1 is 1.00 bits per heavy atom. The third-order valence-corrected chi connectivity index (χ3v) is 5.60. The topological polar surface area (TPSA) is 3.24 Å². The molecular weight excluding hydrogens is 352 g/mol. The highest BCUT2D eigenvalue weighted by Gasteiger charge is 2.23. The van der Waals surface area contributed by atoms with E-state index in [1.54, 1.807) is 4.90 Å². The highest BCUT2D eigenvalue weighted by atomic mass is 35.5. The Balaban J connectivity index is 2.03. The molecule has 0 amide bonds. The molecule has 1 aromatic rings. The summed E-state index contributed by atoms with van der Waals surface area (Å²) < 4.78 is 28.3. The fraction of sp³-hybridized carbons (Fsp3) is 0.636. The maximum absolute atomic E-state index is 14.2. The summed E-state index contributed by atoms with van der Waals surface area (Å²) in [7, 11) is 0. The second-order valence-corrected chi connectivity index (χ2v) is 7.82. The summed E-state index contributed by atoms with van der Waals surface area (Å²) in [5, 5.41) is 0.101. The van der Waals surface area contributed by atoms with Gasteiger partial charge in [0.05, 0.1) is 0 Å². The van der Waals surface area contributed by atoms with Crippen molar-refractivity contribution in [3.05, 3.63) is 40.4 Å². The summed E-state index contributed by atoms with van der Waals surface area (Å²) in [5.74, 6) is -0.517. The van der Waals surface area contributed by atoms with Crippen LogP contribution in [0.3, 0.4) is 0 Å². The summed E-state index contributed by atoms with van der Waals surface area (Å²) in [6, 6.07) is 2.38. The maximum atomic E-state index is 14.2. The molecule has 0 saturated carbocycles. The Kier molecular flexibility index (Phi) is 8.90. The molecule has 1 nitrogen and oxygen atoms in total. The van der Waals surface area contributed by atoms with Crippen molar-refractivity contribution in [2.45, 2.75) is 71.6 Å². The number of rotatable bonds is 10. The normalized spacial score (nSPS) is 15.9. The van der Waals surface area contributed by atoms with Crippen molar-refractivity contribution in [2.24, 2.45) is 5.92 Å². The first-order chi connectivity index (χ1) is 12.6. The molecule has 0 N–H and O–H groups in total. The number of hydrogen-bond donors (Lipinski definition) is 0. The van der Waals surface area contributed by atoms with Gasteiger partial charge in [0.2, 0.25) is 0 Å². The average molecular weight is 384 g/mol. The van der Waals surface area contributed by atoms with Gasteiger partial charge in [-0.05, 0) is 37.3 Å². The molecule has 0 aliphatic carbocycles. The number of hydrogen-bond acceptors (Lipinski definition) is 1. The Hall–Kier alpha value is -1.09. The Labute approximate surface area is 162 Å². The van der Waals surface area contributed by atoms with E-state index in [0.717, 1.165) is 6.42 Å². The summed E-state index contributed by atoms with van der Waals surface area (Å²) in [6.45, 7) is 5.71. The maximum Gasteiger partial charge on any atom is 0.151 e. The minimum atomic E-state index is -0.575. The lowest BCUT2D eigenvalue weighted by Gasteiger charge is -2.32. The SMILES string of the molecule is CCCCCCC(CCCC)C1=CCN(c2c(F)cc(Cl)cc2F)CC1. The third kappa shape index (κ3) is 5.97. The molecule has 0 fully saturated rings. The first kappa shape index (κ1) is 21.2. The van der Waals surface area contributed by atoms with Crippen LogP contribution in [0.4, 0.5) is 14.5 Å². The third-order valence-electron chi connectivity index (χ3n) is 5.38. The van der Waals surface area contributed by atoms with Crippen molar-refractivity contribution in [3.8, 4) is 0 Å². The van der Waals surface area contributed by atoms with Crippen LogP contribution in [0.2, 0.25) is 5.02 Å². The molecule has 26 heavy (non-hydrogen) atoms. The molecular formula is C22H32ClF2N. The molecule has 1 heterocycles. The van der Waals surface area contributed by atoms with Crippen molar-refractivity contribution < 1.29 is 8.78 Å². The van der Waals surface area contributed by atoms with Gasteiger partial charge in [-0.2, -0.15) is 0 Å². The van der Waals surface area contributed by atoms with Gasteiger partial charge in [-0.25, -0.2) is 8.78 Å². The van der Waals surface area contributed by atoms with E-state index < -0.39 is 11.6 Å². The van der Waals surface area contributed by atoms with E-state index in [0.29, 0.717) is 19.0 Å². The summed E-state index contributed by atoms with van der Waals surface area (Å²) in [4.78, 5) is 1.79. The summed E-state index contributed by atoms with van der Waals surface area (Å²) >= 11 is 5.73. The van der Waals surface area contributed by atoms with Crippen LogP contribution in [0.1, 0.15) is 71.6 Å². The van der Waals surface area contributed by atoms with E-state index in [9.17, 15) is 8.78 Å². The molecule has 1 aliphatic heterocycles. The van der Waals surface area contributed by atoms with E-state index in [1.165, 1.54) is 69.1 Å². The Bertz CT molecular complexity index is 577. The molecule has 1 unspecified atom stereocenters. The molecule has 0 aromatic heterocycles. The zero-order chi connectivity index (χ0) is 18.9. The molecule has 1 aromatic carbocycles. The van der Waals surface area contributed by atoms with Gasteiger partial charge >= 0.3 is 0 Å². The molecule has 0 radical (unpaired) electrons. The van der Waals surface area contributed by atoms with Crippen molar-refractivity contribution in [3.63, 3.8) is 0 Å². The highest BCUT2D eigenvalue weighted by molar-refractivity contribution is 6.30. The zero-order valence-electron chi connectivity index (χ0n) is 16.2. The van der Waals surface area contributed by atoms with Crippen molar-refractivity contribution in [1.29, 1.82) is 0 Å². The van der Waals surface area contributed by atoms with E-state index in [1.807, 2.05) is 0 Å². The number of unbranched alkanes of at least 4 members (excludes halogenated alkanes) is 4. The van der Waals surface area contributed by atoms with Crippen LogP contribution in [0, 0.1) is 17.6 Å². The first-order valence-corrected chi connectivity index (χ1v) is 10.5. The number of nitrogens with zero attached hydrogens (tertiary/aromatic N) is 1. The molecule has 4 heteroatoms. The van der Waals surface area contributed by atoms with Crippen LogP contribution < -0.4 is 4.90 Å². The molecule has 0 bridgehead atoms. The van der Waals surface area contributed by atoms with Gasteiger partial charge in [0.15, 0.2) is 11.6 Å². The number of halogens is 3. The van der Waals surface area contributed by atoms with Crippen LogP contribution in [0.25, 0.3) is 0 Å². The summed E-state index contributed by atoms with van der Waals surface area (Å²) in [5.41, 5.74) is 1.54. The monoisotopic (exact) mass is 383 g/mol. The van der Waals surface area contributed by atoms with E-state index in [2.05, 4.69) is 19.9 Å². The van der Waals surface area contributed by atoms with Gasteiger partial charge in [0, 0.05) is 18.1 Å². The number of anilines is 1. The molecule has 2 rings (SSSR count). The van der Waals surface area contributed by atoms with Crippen LogP contribution in [0.5, 0.6) is 0 Å². The fourth-order valence-corrected chi connectivity index (χ4v) is 4.07. The standard InChI is InChI=1S/C22H32ClF2N/c1-3-5-7-8-10-17(9-6-4-2)18-11-13-26(14-12-18)22-20(24)15-19(23)16-21(22)25/h11,15-17H,3-10,12-14H2,1-2H3. The lowest BCUT2D eigenvalue weighted by atomic mass is 9.85. The molecule has 1 atom stereocenters. The van der Waals surface area contributed by atoms with Crippen molar-refractivity contribution in [1.82, 2.24) is 0 Å². The van der Waals surface area contributed by atoms with Crippen LogP contribution in [0.15, 0.2) is 23.8 Å². The molecule has 146 valence electrons. The Morgan fingerprint density at radius 2 is 1.65 bits per heavy atom. The minimum Gasteiger partial charge on any atom is -0.363 e. The smallest absolute Gasteiger partial charge is 0.151 e. The number of benzene rings is 1. The second-order valence-electron chi connectivity index (χ2n) is 7.38. The average Bonchev–Trinajstić information content (AvgIpc) is 2.61. The minimum absolute atomic E-state index is 0.0535. The van der Waals surface area contributed by atoms with Gasteiger partial charge in [0.25, 0.3) is 0 Å². The van der Waals surface area contributed by atoms with Crippen molar-refractivity contribution in [2.75, 3.05) is 18.0 Å². The van der Waals surface area contributed by atoms with Gasteiger partial charge in [-0.3, -0.25) is 0 Å². The van der Waals surface area contributed by atoms with Crippen LogP contribution >= 0.6 is 11.6 Å². The van der Waals surface area contributed by atoms with Gasteiger partial charge < -0.3 is 4.90 Å². The van der Waals surface area contributed by atoms with Gasteiger partial charge in [-0.15, -0.1) is 0 Å². The highest BCUT2D eigenvalue weighted by Crippen LogP contribution is 2.33. The predicted molar refractivity (Wildman–Crippen MR) is 108 cm³/mol. The van der Waals surface area contributed by atoms with E-state index in [-0.39, 0.29) is 10.7 Å².